The summed E-state index contributed by atoms with van der Waals surface area (Å²) in [5.74, 6) is 0.868. The van der Waals surface area contributed by atoms with E-state index in [0.717, 1.165) is 0 Å². The van der Waals surface area contributed by atoms with E-state index in [1.807, 2.05) is 0 Å². The summed E-state index contributed by atoms with van der Waals surface area (Å²) in [6.07, 6.45) is -0.810. The van der Waals surface area contributed by atoms with Crippen LogP contribution in [0.2, 0.25) is 0 Å². The highest BCUT2D eigenvalue weighted by Gasteiger charge is 2.05. The third kappa shape index (κ3) is 3.26. The first-order valence-electron chi connectivity index (χ1n) is 4.50. The van der Waals surface area contributed by atoms with Gasteiger partial charge in [0.1, 0.15) is 5.82 Å². The van der Waals surface area contributed by atoms with Crippen molar-refractivity contribution in [2.24, 2.45) is 0 Å². The first-order valence-corrected chi connectivity index (χ1v) is 4.50. The number of nitrogens with one attached hydrogen (secondary N) is 1. The Morgan fingerprint density at radius 3 is 2.93 bits per heavy atom. The van der Waals surface area contributed by atoms with Gasteiger partial charge in [-0.05, 0) is 12.1 Å². The zero-order valence-corrected chi connectivity index (χ0v) is 8.47. The molecule has 1 heterocycles. The predicted octanol–water partition coefficient (Wildman–Crippen LogP) is -0.563. The van der Waals surface area contributed by atoms with Crippen LogP contribution >= 0.6 is 0 Å². The molecule has 1 aromatic heterocycles. The van der Waals surface area contributed by atoms with Crippen LogP contribution in [0.15, 0.2) is 12.1 Å². The lowest BCUT2D eigenvalue weighted by atomic mass is 10.3. The lowest BCUT2D eigenvalue weighted by Crippen LogP contribution is -2.23. The van der Waals surface area contributed by atoms with E-state index in [2.05, 4.69) is 10.3 Å². The van der Waals surface area contributed by atoms with E-state index in [-0.39, 0.29) is 13.2 Å². The topological polar surface area (TPSA) is 101 Å². The summed E-state index contributed by atoms with van der Waals surface area (Å²) in [6, 6.07) is 3.32. The molecular formula is C9H15N3O3. The van der Waals surface area contributed by atoms with Gasteiger partial charge in [-0.2, -0.15) is 4.98 Å². The number of ether oxygens (including phenoxy) is 1. The molecule has 0 fully saturated rings. The molecule has 0 aromatic carbocycles. The van der Waals surface area contributed by atoms with Crippen molar-refractivity contribution >= 4 is 11.5 Å². The van der Waals surface area contributed by atoms with E-state index in [9.17, 15) is 0 Å². The zero-order valence-electron chi connectivity index (χ0n) is 8.47. The molecule has 6 heteroatoms. The molecular weight excluding hydrogens is 198 g/mol. The summed E-state index contributed by atoms with van der Waals surface area (Å²) >= 11 is 0. The predicted molar refractivity (Wildman–Crippen MR) is 56.8 cm³/mol. The standard InChI is InChI=1S/C9H15N3O3/c1-15-9-7(10)2-3-8(12-9)11-4-6(14)5-13/h2-3,6,13-14H,4-5,10H2,1H3,(H,11,12). The van der Waals surface area contributed by atoms with Crippen LogP contribution in [0.25, 0.3) is 0 Å². The van der Waals surface area contributed by atoms with Crippen molar-refractivity contribution in [2.75, 3.05) is 31.3 Å². The molecule has 1 unspecified atom stereocenters. The minimum Gasteiger partial charge on any atom is -0.479 e. The fourth-order valence-electron chi connectivity index (χ4n) is 1.00. The van der Waals surface area contributed by atoms with E-state index in [4.69, 9.17) is 20.7 Å². The molecule has 15 heavy (non-hydrogen) atoms. The quantitative estimate of drug-likeness (QED) is 0.523. The lowest BCUT2D eigenvalue weighted by molar-refractivity contribution is 0.105. The summed E-state index contributed by atoms with van der Waals surface area (Å²) < 4.78 is 4.93. The molecule has 6 nitrogen and oxygen atoms in total. The Morgan fingerprint density at radius 1 is 1.60 bits per heavy atom. The van der Waals surface area contributed by atoms with Crippen LogP contribution in [0.1, 0.15) is 0 Å². The second-order valence-corrected chi connectivity index (χ2v) is 3.01. The number of hydrogen-bond acceptors (Lipinski definition) is 6. The van der Waals surface area contributed by atoms with Crippen LogP contribution in [0.3, 0.4) is 0 Å². The van der Waals surface area contributed by atoms with Gasteiger partial charge in [0, 0.05) is 6.54 Å². The van der Waals surface area contributed by atoms with Crippen LogP contribution in [0.4, 0.5) is 11.5 Å². The normalized spacial score (nSPS) is 12.2. The Labute approximate surface area is 87.7 Å². The largest absolute Gasteiger partial charge is 0.479 e. The molecule has 5 N–H and O–H groups in total. The average Bonchev–Trinajstić information content (AvgIpc) is 2.27. The van der Waals surface area contributed by atoms with E-state index in [0.29, 0.717) is 17.4 Å². The molecule has 0 bridgehead atoms. The third-order valence-electron chi connectivity index (χ3n) is 1.81. The van der Waals surface area contributed by atoms with E-state index in [1.165, 1.54) is 7.11 Å². The van der Waals surface area contributed by atoms with E-state index in [1.54, 1.807) is 12.1 Å². The van der Waals surface area contributed by atoms with Gasteiger partial charge >= 0.3 is 0 Å². The fraction of sp³-hybridized carbons (Fsp3) is 0.444. The molecule has 0 radical (unpaired) electrons. The molecule has 0 amide bonds. The monoisotopic (exact) mass is 213 g/mol. The van der Waals surface area contributed by atoms with Crippen molar-refractivity contribution in [3.05, 3.63) is 12.1 Å². The number of aliphatic hydroxyl groups is 2. The molecule has 84 valence electrons. The fourth-order valence-corrected chi connectivity index (χ4v) is 1.00. The maximum absolute atomic E-state index is 9.10. The van der Waals surface area contributed by atoms with Crippen molar-refractivity contribution in [1.29, 1.82) is 0 Å². The van der Waals surface area contributed by atoms with Gasteiger partial charge in [0.25, 0.3) is 0 Å². The highest BCUT2D eigenvalue weighted by Crippen LogP contribution is 2.19. The minimum absolute atomic E-state index is 0.219. The second-order valence-electron chi connectivity index (χ2n) is 3.01. The number of hydrogen-bond donors (Lipinski definition) is 4. The number of aromatic nitrogens is 1. The minimum atomic E-state index is -0.810. The number of nitrogens with zero attached hydrogens (tertiary/aromatic N) is 1. The maximum Gasteiger partial charge on any atom is 0.238 e. The van der Waals surface area contributed by atoms with Crippen molar-refractivity contribution < 1.29 is 14.9 Å². The van der Waals surface area contributed by atoms with Gasteiger partial charge < -0.3 is 26.0 Å². The Bertz CT molecular complexity index is 319. The number of rotatable bonds is 5. The number of pyridine rings is 1. The van der Waals surface area contributed by atoms with E-state index < -0.39 is 6.10 Å². The molecule has 1 aromatic rings. The highest BCUT2D eigenvalue weighted by molar-refractivity contribution is 5.53. The van der Waals surface area contributed by atoms with Crippen molar-refractivity contribution in [1.82, 2.24) is 4.98 Å². The summed E-state index contributed by atoms with van der Waals surface area (Å²) in [5.41, 5.74) is 6.03. The first-order chi connectivity index (χ1) is 7.17. The van der Waals surface area contributed by atoms with Crippen LogP contribution in [-0.2, 0) is 0 Å². The van der Waals surface area contributed by atoms with Gasteiger partial charge in [0.15, 0.2) is 0 Å². The van der Waals surface area contributed by atoms with Gasteiger partial charge in [-0.3, -0.25) is 0 Å². The van der Waals surface area contributed by atoms with Crippen molar-refractivity contribution in [3.63, 3.8) is 0 Å². The SMILES string of the molecule is COc1nc(NCC(O)CO)ccc1N. The van der Waals surface area contributed by atoms with Crippen molar-refractivity contribution in [3.8, 4) is 5.88 Å². The van der Waals surface area contributed by atoms with E-state index >= 15 is 0 Å². The van der Waals surface area contributed by atoms with Crippen LogP contribution < -0.4 is 15.8 Å². The molecule has 0 spiro atoms. The van der Waals surface area contributed by atoms with Crippen LogP contribution in [-0.4, -0.2) is 41.6 Å². The molecule has 0 saturated carbocycles. The first kappa shape index (κ1) is 11.5. The number of methoxy groups -OCH3 is 1. The smallest absolute Gasteiger partial charge is 0.238 e. The van der Waals surface area contributed by atoms with Crippen LogP contribution in [0, 0.1) is 0 Å². The Kier molecular flexibility index (Phi) is 4.14. The number of anilines is 2. The maximum atomic E-state index is 9.10. The third-order valence-corrected chi connectivity index (χ3v) is 1.81. The summed E-state index contributed by atoms with van der Waals surface area (Å²) in [4.78, 5) is 4.05. The zero-order chi connectivity index (χ0) is 11.3. The average molecular weight is 213 g/mol. The van der Waals surface area contributed by atoms with Gasteiger partial charge in [-0.25, -0.2) is 0 Å². The van der Waals surface area contributed by atoms with Gasteiger partial charge in [0.2, 0.25) is 5.88 Å². The molecule has 0 aliphatic rings. The number of nitrogens with two attached hydrogens (primary N) is 1. The Hall–Kier alpha value is -1.53. The highest BCUT2D eigenvalue weighted by atomic mass is 16.5. The van der Waals surface area contributed by atoms with Gasteiger partial charge in [-0.1, -0.05) is 0 Å². The molecule has 1 atom stereocenters. The lowest BCUT2D eigenvalue weighted by Gasteiger charge is -2.10. The Morgan fingerprint density at radius 2 is 2.33 bits per heavy atom. The summed E-state index contributed by atoms with van der Waals surface area (Å²) in [7, 11) is 1.48. The summed E-state index contributed by atoms with van der Waals surface area (Å²) in [6.45, 7) is -0.0737. The van der Waals surface area contributed by atoms with Gasteiger partial charge in [0.05, 0.1) is 25.5 Å². The molecule has 0 aliphatic carbocycles. The van der Waals surface area contributed by atoms with Crippen molar-refractivity contribution in [2.45, 2.75) is 6.10 Å². The Balaban J connectivity index is 2.62. The second kappa shape index (κ2) is 5.38. The molecule has 1 rings (SSSR count). The summed E-state index contributed by atoms with van der Waals surface area (Å²) in [5, 5.41) is 20.5. The molecule has 0 aliphatic heterocycles. The molecule has 0 saturated heterocycles. The number of nitrogen functional groups attached to an aromatic ring is 1. The van der Waals surface area contributed by atoms with Crippen LogP contribution in [0.5, 0.6) is 5.88 Å². The number of aliphatic hydroxyl groups excluding tert-OH is 2. The van der Waals surface area contributed by atoms with Gasteiger partial charge in [-0.15, -0.1) is 0 Å².